The predicted molar refractivity (Wildman–Crippen MR) is 310 cm³/mol. The third kappa shape index (κ3) is 57.7. The van der Waals surface area contributed by atoms with Crippen molar-refractivity contribution in [3.05, 3.63) is 12.2 Å². The number of ether oxygens (including phenoxy) is 1. The molecule has 1 amide bonds. The van der Waals surface area contributed by atoms with Crippen LogP contribution in [0.15, 0.2) is 12.2 Å². The highest BCUT2D eigenvalue weighted by atomic mass is 16.5. The van der Waals surface area contributed by atoms with Crippen LogP contribution < -0.4 is 5.32 Å². The Morgan fingerprint density at radius 1 is 0.380 bits per heavy atom. The number of aliphatic hydroxyl groups excluding tert-OH is 2. The second-order valence-corrected chi connectivity index (χ2v) is 22.5. The lowest BCUT2D eigenvalue weighted by Crippen LogP contribution is -2.45. The fourth-order valence-electron chi connectivity index (χ4n) is 10.3. The third-order valence-electron chi connectivity index (χ3n) is 15.3. The number of nitrogens with one attached hydrogen (secondary N) is 1. The second kappa shape index (κ2) is 61.1. The minimum Gasteiger partial charge on any atom is -0.466 e. The summed E-state index contributed by atoms with van der Waals surface area (Å²) >= 11 is 0. The van der Waals surface area contributed by atoms with E-state index in [0.29, 0.717) is 25.9 Å². The first kappa shape index (κ1) is 69.6. The number of esters is 1. The maximum absolute atomic E-state index is 12.5. The van der Waals surface area contributed by atoms with Gasteiger partial charge in [0.25, 0.3) is 0 Å². The zero-order chi connectivity index (χ0) is 51.4. The molecular formula is C65H127NO5. The molecule has 0 fully saturated rings. The molecular weight excluding hydrogens is 875 g/mol. The summed E-state index contributed by atoms with van der Waals surface area (Å²) in [6, 6.07) is -0.539. The first-order valence-corrected chi connectivity index (χ1v) is 32.4. The Kier molecular flexibility index (Phi) is 59.9. The van der Waals surface area contributed by atoms with E-state index in [1.54, 1.807) is 0 Å². The lowest BCUT2D eigenvalue weighted by molar-refractivity contribution is -0.143. The molecule has 0 aliphatic rings. The molecule has 71 heavy (non-hydrogen) atoms. The minimum absolute atomic E-state index is 0.0178. The monoisotopic (exact) mass is 1000 g/mol. The largest absolute Gasteiger partial charge is 0.466 e. The van der Waals surface area contributed by atoms with Gasteiger partial charge in [-0.05, 0) is 51.4 Å². The highest BCUT2D eigenvalue weighted by molar-refractivity contribution is 5.76. The van der Waals surface area contributed by atoms with Gasteiger partial charge in [0.1, 0.15) is 0 Å². The van der Waals surface area contributed by atoms with Crippen molar-refractivity contribution in [1.82, 2.24) is 5.32 Å². The number of amides is 1. The van der Waals surface area contributed by atoms with Crippen molar-refractivity contribution in [3.63, 3.8) is 0 Å². The molecule has 0 rings (SSSR count). The molecule has 6 nitrogen and oxygen atoms in total. The lowest BCUT2D eigenvalue weighted by Gasteiger charge is -2.22. The van der Waals surface area contributed by atoms with E-state index in [2.05, 4.69) is 31.3 Å². The highest BCUT2D eigenvalue weighted by Gasteiger charge is 2.20. The van der Waals surface area contributed by atoms with Crippen molar-refractivity contribution in [2.45, 2.75) is 379 Å². The van der Waals surface area contributed by atoms with Crippen LogP contribution >= 0.6 is 0 Å². The summed E-state index contributed by atoms with van der Waals surface area (Å²) in [4.78, 5) is 24.5. The van der Waals surface area contributed by atoms with Crippen LogP contribution in [0.2, 0.25) is 0 Å². The van der Waals surface area contributed by atoms with Gasteiger partial charge in [-0.15, -0.1) is 0 Å². The van der Waals surface area contributed by atoms with Crippen molar-refractivity contribution < 1.29 is 24.5 Å². The number of carbonyl (C=O) groups excluding carboxylic acids is 2. The molecule has 0 bridgehead atoms. The summed E-state index contributed by atoms with van der Waals surface area (Å²) in [6.07, 6.45) is 73.8. The number of hydrogen-bond acceptors (Lipinski definition) is 5. The Morgan fingerprint density at radius 2 is 0.662 bits per heavy atom. The van der Waals surface area contributed by atoms with Gasteiger partial charge in [-0.25, -0.2) is 0 Å². The molecule has 6 heteroatoms. The third-order valence-corrected chi connectivity index (χ3v) is 15.3. The van der Waals surface area contributed by atoms with Crippen LogP contribution in [0.5, 0.6) is 0 Å². The molecule has 0 saturated heterocycles. The number of hydrogen-bond donors (Lipinski definition) is 3. The van der Waals surface area contributed by atoms with E-state index in [-0.39, 0.29) is 18.5 Å². The Labute approximate surface area is 444 Å². The standard InChI is InChI=1S/C65H127NO5/c1-3-5-7-9-11-13-15-34-37-41-45-49-53-57-63(68)62(61-67)66-64(69)58-54-50-46-42-38-35-32-30-28-26-24-22-20-18-17-19-21-23-25-27-29-31-33-36-40-44-48-52-56-60-71-65(70)59-55-51-47-43-39-16-14-12-10-8-6-4-2/h17,19,62-63,67-68H,3-16,18,20-61H2,1-2H3,(H,66,69)/b19-17-. The maximum atomic E-state index is 12.5. The molecule has 0 aromatic heterocycles. The molecule has 3 N–H and O–H groups in total. The van der Waals surface area contributed by atoms with Crippen LogP contribution in [0.25, 0.3) is 0 Å². The zero-order valence-electron chi connectivity index (χ0n) is 48.2. The van der Waals surface area contributed by atoms with E-state index >= 15 is 0 Å². The van der Waals surface area contributed by atoms with E-state index in [4.69, 9.17) is 4.74 Å². The van der Waals surface area contributed by atoms with Crippen LogP contribution in [-0.2, 0) is 14.3 Å². The molecule has 0 aliphatic carbocycles. The van der Waals surface area contributed by atoms with Gasteiger partial charge in [-0.1, -0.05) is 315 Å². The lowest BCUT2D eigenvalue weighted by atomic mass is 10.0. The quantitative estimate of drug-likeness (QED) is 0.0320. The van der Waals surface area contributed by atoms with Crippen LogP contribution in [0, 0.1) is 0 Å². The Hall–Kier alpha value is -1.40. The molecule has 0 spiro atoms. The van der Waals surface area contributed by atoms with E-state index in [9.17, 15) is 19.8 Å². The number of carbonyl (C=O) groups is 2. The molecule has 2 unspecified atom stereocenters. The van der Waals surface area contributed by atoms with Crippen LogP contribution in [-0.4, -0.2) is 47.4 Å². The first-order valence-electron chi connectivity index (χ1n) is 32.4. The molecule has 0 saturated carbocycles. The Morgan fingerprint density at radius 3 is 1.00 bits per heavy atom. The van der Waals surface area contributed by atoms with Gasteiger partial charge in [0, 0.05) is 12.8 Å². The number of aliphatic hydroxyl groups is 2. The average molecular weight is 1000 g/mol. The summed E-state index contributed by atoms with van der Waals surface area (Å²) in [5.74, 6) is -0.0144. The van der Waals surface area contributed by atoms with Gasteiger partial charge in [-0.3, -0.25) is 9.59 Å². The van der Waals surface area contributed by atoms with Gasteiger partial charge in [0.15, 0.2) is 0 Å². The van der Waals surface area contributed by atoms with E-state index in [0.717, 1.165) is 38.5 Å². The van der Waals surface area contributed by atoms with Crippen molar-refractivity contribution in [2.24, 2.45) is 0 Å². The van der Waals surface area contributed by atoms with E-state index in [1.165, 1.54) is 295 Å². The summed E-state index contributed by atoms with van der Waals surface area (Å²) in [7, 11) is 0. The van der Waals surface area contributed by atoms with Crippen LogP contribution in [0.1, 0.15) is 367 Å². The van der Waals surface area contributed by atoms with Gasteiger partial charge in [-0.2, -0.15) is 0 Å². The molecule has 2 atom stereocenters. The van der Waals surface area contributed by atoms with E-state index < -0.39 is 12.1 Å². The average Bonchev–Trinajstić information content (AvgIpc) is 3.37. The van der Waals surface area contributed by atoms with Gasteiger partial charge >= 0.3 is 5.97 Å². The zero-order valence-corrected chi connectivity index (χ0v) is 48.2. The molecule has 0 aromatic rings. The molecule has 0 heterocycles. The van der Waals surface area contributed by atoms with Gasteiger partial charge < -0.3 is 20.3 Å². The molecule has 422 valence electrons. The van der Waals surface area contributed by atoms with Crippen molar-refractivity contribution in [2.75, 3.05) is 13.2 Å². The highest BCUT2D eigenvalue weighted by Crippen LogP contribution is 2.18. The summed E-state index contributed by atoms with van der Waals surface area (Å²) in [5.41, 5.74) is 0. The summed E-state index contributed by atoms with van der Waals surface area (Å²) < 4.78 is 5.48. The maximum Gasteiger partial charge on any atom is 0.305 e. The fraction of sp³-hybridized carbons (Fsp3) is 0.938. The first-order chi connectivity index (χ1) is 35.0. The van der Waals surface area contributed by atoms with E-state index in [1.807, 2.05) is 0 Å². The second-order valence-electron chi connectivity index (χ2n) is 22.5. The topological polar surface area (TPSA) is 95.9 Å². The SMILES string of the molecule is CCCCCCCCCCCCCCCC(O)C(CO)NC(=O)CCCCCCCCCCCCCCC/C=C\CCCCCCCCCCCCCCOC(=O)CCCCCCCCCCCCCC. The predicted octanol–water partition coefficient (Wildman–Crippen LogP) is 20.4. The molecule has 0 aliphatic heterocycles. The summed E-state index contributed by atoms with van der Waals surface area (Å²) in [5, 5.41) is 23.3. The molecule has 0 aromatic carbocycles. The van der Waals surface area contributed by atoms with Gasteiger partial charge in [0.05, 0.1) is 25.4 Å². The fourth-order valence-corrected chi connectivity index (χ4v) is 10.3. The van der Waals surface area contributed by atoms with Crippen molar-refractivity contribution >= 4 is 11.9 Å². The van der Waals surface area contributed by atoms with Crippen LogP contribution in [0.4, 0.5) is 0 Å². The number of allylic oxidation sites excluding steroid dienone is 2. The Balaban J connectivity index is 3.35. The molecule has 0 radical (unpaired) electrons. The summed E-state index contributed by atoms with van der Waals surface area (Å²) in [6.45, 7) is 4.98. The van der Waals surface area contributed by atoms with Gasteiger partial charge in [0.2, 0.25) is 5.91 Å². The minimum atomic E-state index is -0.662. The smallest absolute Gasteiger partial charge is 0.305 e. The normalized spacial score (nSPS) is 12.6. The number of unbranched alkanes of at least 4 members (excludes halogenated alkanes) is 48. The van der Waals surface area contributed by atoms with Crippen molar-refractivity contribution in [1.29, 1.82) is 0 Å². The van der Waals surface area contributed by atoms with Crippen LogP contribution in [0.3, 0.4) is 0 Å². The Bertz CT molecular complexity index is 1060. The van der Waals surface area contributed by atoms with Crippen molar-refractivity contribution in [3.8, 4) is 0 Å². The number of rotatable bonds is 61.